The van der Waals surface area contributed by atoms with Crippen molar-refractivity contribution in [3.63, 3.8) is 0 Å². The predicted molar refractivity (Wildman–Crippen MR) is 38.7 cm³/mol. The molecule has 60 valence electrons. The lowest BCUT2D eigenvalue weighted by atomic mass is 9.82. The van der Waals surface area contributed by atoms with Crippen molar-refractivity contribution in [1.82, 2.24) is 0 Å². The molecule has 1 N–H and O–H groups in total. The van der Waals surface area contributed by atoms with E-state index in [1.807, 2.05) is 0 Å². The summed E-state index contributed by atoms with van der Waals surface area (Å²) in [7, 11) is 0. The van der Waals surface area contributed by atoms with E-state index in [2.05, 4.69) is 6.07 Å². The van der Waals surface area contributed by atoms with Gasteiger partial charge in [-0.05, 0) is 19.3 Å². The van der Waals surface area contributed by atoms with Crippen LogP contribution in [-0.2, 0) is 4.79 Å². The van der Waals surface area contributed by atoms with Crippen molar-refractivity contribution in [2.75, 3.05) is 0 Å². The molecule has 0 amide bonds. The second kappa shape index (κ2) is 3.38. The lowest BCUT2D eigenvalue weighted by molar-refractivity contribution is -0.143. The quantitative estimate of drug-likeness (QED) is 0.619. The first-order valence-electron chi connectivity index (χ1n) is 3.86. The molecule has 1 aliphatic rings. The summed E-state index contributed by atoms with van der Waals surface area (Å²) in [6.07, 6.45) is 3.05. The third-order valence-corrected chi connectivity index (χ3v) is 2.21. The van der Waals surface area contributed by atoms with Gasteiger partial charge < -0.3 is 5.11 Å². The molecule has 11 heavy (non-hydrogen) atoms. The maximum atomic E-state index is 10.5. The van der Waals surface area contributed by atoms with E-state index >= 15 is 0 Å². The molecule has 1 saturated carbocycles. The van der Waals surface area contributed by atoms with E-state index in [1.165, 1.54) is 0 Å². The van der Waals surface area contributed by atoms with Gasteiger partial charge in [0.1, 0.15) is 0 Å². The maximum Gasteiger partial charge on any atom is 0.306 e. The van der Waals surface area contributed by atoms with Crippen LogP contribution in [0.2, 0.25) is 0 Å². The van der Waals surface area contributed by atoms with E-state index in [4.69, 9.17) is 10.4 Å². The number of carboxylic acids is 1. The normalized spacial score (nSPS) is 30.8. The van der Waals surface area contributed by atoms with Gasteiger partial charge in [-0.25, -0.2) is 0 Å². The minimum absolute atomic E-state index is 0.0233. The standard InChI is InChI=1S/C8H11NO2/c9-5-6-2-1-3-7(4-6)8(10)11/h6-7H,1-4H2,(H,10,11). The van der Waals surface area contributed by atoms with E-state index in [0.29, 0.717) is 6.42 Å². The molecule has 0 bridgehead atoms. The van der Waals surface area contributed by atoms with Gasteiger partial charge in [-0.1, -0.05) is 6.42 Å². The van der Waals surface area contributed by atoms with Crippen molar-refractivity contribution < 1.29 is 9.90 Å². The number of nitrogens with zero attached hydrogens (tertiary/aromatic N) is 1. The van der Waals surface area contributed by atoms with Gasteiger partial charge in [0.15, 0.2) is 0 Å². The number of hydrogen-bond acceptors (Lipinski definition) is 2. The fourth-order valence-corrected chi connectivity index (χ4v) is 1.53. The van der Waals surface area contributed by atoms with Crippen molar-refractivity contribution in [3.8, 4) is 6.07 Å². The van der Waals surface area contributed by atoms with E-state index < -0.39 is 5.97 Å². The van der Waals surface area contributed by atoms with Gasteiger partial charge in [-0.15, -0.1) is 0 Å². The Morgan fingerprint density at radius 2 is 2.27 bits per heavy atom. The second-order valence-electron chi connectivity index (χ2n) is 3.03. The molecule has 2 unspecified atom stereocenters. The van der Waals surface area contributed by atoms with Crippen LogP contribution in [0.4, 0.5) is 0 Å². The van der Waals surface area contributed by atoms with Crippen molar-refractivity contribution in [3.05, 3.63) is 0 Å². The van der Waals surface area contributed by atoms with Crippen LogP contribution in [0, 0.1) is 23.2 Å². The topological polar surface area (TPSA) is 61.1 Å². The average molecular weight is 153 g/mol. The Hall–Kier alpha value is -1.04. The van der Waals surface area contributed by atoms with Crippen molar-refractivity contribution in [1.29, 1.82) is 5.26 Å². The van der Waals surface area contributed by atoms with Crippen LogP contribution in [0.5, 0.6) is 0 Å². The number of carboxylic acid groups (broad SMARTS) is 1. The van der Waals surface area contributed by atoms with Crippen LogP contribution in [0.3, 0.4) is 0 Å². The Morgan fingerprint density at radius 1 is 1.55 bits per heavy atom. The molecular formula is C8H11NO2. The van der Waals surface area contributed by atoms with E-state index in [1.54, 1.807) is 0 Å². The molecule has 1 fully saturated rings. The highest BCUT2D eigenvalue weighted by molar-refractivity contribution is 5.70. The number of carbonyl (C=O) groups is 1. The van der Waals surface area contributed by atoms with Gasteiger partial charge in [0.2, 0.25) is 0 Å². The third kappa shape index (κ3) is 1.94. The summed E-state index contributed by atoms with van der Waals surface area (Å²) < 4.78 is 0. The first kappa shape index (κ1) is 8.06. The second-order valence-corrected chi connectivity index (χ2v) is 3.03. The van der Waals surface area contributed by atoms with Gasteiger partial charge in [0.05, 0.1) is 12.0 Å². The minimum atomic E-state index is -0.745. The average Bonchev–Trinajstić information content (AvgIpc) is 2.05. The lowest BCUT2D eigenvalue weighted by Crippen LogP contribution is -2.21. The smallest absolute Gasteiger partial charge is 0.306 e. The predicted octanol–water partition coefficient (Wildman–Crippen LogP) is 1.40. The Labute approximate surface area is 65.6 Å². The number of rotatable bonds is 1. The zero-order valence-corrected chi connectivity index (χ0v) is 6.29. The van der Waals surface area contributed by atoms with Crippen molar-refractivity contribution >= 4 is 5.97 Å². The first-order valence-corrected chi connectivity index (χ1v) is 3.86. The fraction of sp³-hybridized carbons (Fsp3) is 0.750. The summed E-state index contributed by atoms with van der Waals surface area (Å²) in [5, 5.41) is 17.2. The van der Waals surface area contributed by atoms with Gasteiger partial charge in [0.25, 0.3) is 0 Å². The van der Waals surface area contributed by atoms with E-state index in [-0.39, 0.29) is 11.8 Å². The van der Waals surface area contributed by atoms with Gasteiger partial charge >= 0.3 is 5.97 Å². The van der Waals surface area contributed by atoms with Crippen LogP contribution < -0.4 is 0 Å². The zero-order chi connectivity index (χ0) is 8.27. The van der Waals surface area contributed by atoms with Crippen LogP contribution in [0.15, 0.2) is 0 Å². The SMILES string of the molecule is N#CC1CCCC(C(=O)O)C1. The molecule has 1 aliphatic carbocycles. The molecule has 1 rings (SSSR count). The first-order chi connectivity index (χ1) is 5.24. The van der Waals surface area contributed by atoms with Gasteiger partial charge in [-0.2, -0.15) is 5.26 Å². The lowest BCUT2D eigenvalue weighted by Gasteiger charge is -2.21. The molecular weight excluding hydrogens is 142 g/mol. The minimum Gasteiger partial charge on any atom is -0.481 e. The molecule has 3 nitrogen and oxygen atoms in total. The Morgan fingerprint density at radius 3 is 2.82 bits per heavy atom. The van der Waals surface area contributed by atoms with Crippen LogP contribution in [-0.4, -0.2) is 11.1 Å². The number of hydrogen-bond donors (Lipinski definition) is 1. The summed E-state index contributed by atoms with van der Waals surface area (Å²) >= 11 is 0. The highest BCUT2D eigenvalue weighted by atomic mass is 16.4. The summed E-state index contributed by atoms with van der Waals surface area (Å²) in [6, 6.07) is 2.13. The van der Waals surface area contributed by atoms with Crippen LogP contribution in [0.1, 0.15) is 25.7 Å². The highest BCUT2D eigenvalue weighted by Gasteiger charge is 2.26. The van der Waals surface area contributed by atoms with E-state index in [0.717, 1.165) is 19.3 Å². The Balaban J connectivity index is 2.47. The summed E-state index contributed by atoms with van der Waals surface area (Å²) in [6.45, 7) is 0. The highest BCUT2D eigenvalue weighted by Crippen LogP contribution is 2.28. The monoisotopic (exact) mass is 153 g/mol. The van der Waals surface area contributed by atoms with Crippen molar-refractivity contribution in [2.45, 2.75) is 25.7 Å². The van der Waals surface area contributed by atoms with E-state index in [9.17, 15) is 4.79 Å². The van der Waals surface area contributed by atoms with Gasteiger partial charge in [0, 0.05) is 5.92 Å². The Bertz CT molecular complexity index is 195. The summed E-state index contributed by atoms with van der Waals surface area (Å²) in [5.74, 6) is -1.04. The maximum absolute atomic E-state index is 10.5. The molecule has 2 atom stereocenters. The molecule has 0 aromatic heterocycles. The molecule has 0 aliphatic heterocycles. The largest absolute Gasteiger partial charge is 0.481 e. The molecule has 3 heteroatoms. The van der Waals surface area contributed by atoms with Crippen LogP contribution in [0.25, 0.3) is 0 Å². The fourth-order valence-electron chi connectivity index (χ4n) is 1.53. The molecule has 0 radical (unpaired) electrons. The summed E-state index contributed by atoms with van der Waals surface area (Å²) in [5.41, 5.74) is 0. The third-order valence-electron chi connectivity index (χ3n) is 2.21. The van der Waals surface area contributed by atoms with Crippen LogP contribution >= 0.6 is 0 Å². The van der Waals surface area contributed by atoms with Gasteiger partial charge in [-0.3, -0.25) is 4.79 Å². The summed E-state index contributed by atoms with van der Waals surface area (Å²) in [4.78, 5) is 10.5. The molecule has 0 spiro atoms. The number of aliphatic carboxylic acids is 1. The Kier molecular flexibility index (Phi) is 2.48. The number of nitriles is 1. The molecule has 0 heterocycles. The molecule has 0 saturated heterocycles. The molecule has 0 aromatic rings. The molecule has 0 aromatic carbocycles. The zero-order valence-electron chi connectivity index (χ0n) is 6.29. The van der Waals surface area contributed by atoms with Crippen molar-refractivity contribution in [2.24, 2.45) is 11.8 Å².